The molecule has 20 nitrogen and oxygen atoms in total. The van der Waals surface area contributed by atoms with Gasteiger partial charge in [0.2, 0.25) is 23.5 Å². The number of ether oxygens (including phenoxy) is 6. The molecule has 0 saturated carbocycles. The van der Waals surface area contributed by atoms with Crippen LogP contribution in [-0.4, -0.2) is 130 Å². The second-order valence-corrected chi connectivity index (χ2v) is 20.5. The molecule has 6 N–H and O–H groups in total. The van der Waals surface area contributed by atoms with Crippen LogP contribution in [0.4, 0.5) is 11.6 Å². The Balaban J connectivity index is 0.953. The van der Waals surface area contributed by atoms with E-state index in [1.807, 2.05) is 60.7 Å². The number of rotatable bonds is 27. The van der Waals surface area contributed by atoms with Crippen LogP contribution >= 0.6 is 31.9 Å². The highest BCUT2D eigenvalue weighted by Gasteiger charge is 2.21. The summed E-state index contributed by atoms with van der Waals surface area (Å²) < 4.78 is 37.6. The van der Waals surface area contributed by atoms with Gasteiger partial charge in [-0.2, -0.15) is 9.97 Å². The normalized spacial score (nSPS) is 14.4. The first-order valence-corrected chi connectivity index (χ1v) is 27.2. The van der Waals surface area contributed by atoms with Crippen molar-refractivity contribution in [3.8, 4) is 34.6 Å². The molecule has 0 amide bonds. The van der Waals surface area contributed by atoms with Crippen LogP contribution in [0.2, 0.25) is 0 Å². The number of hydrogen-bond donors (Lipinski definition) is 6. The van der Waals surface area contributed by atoms with Crippen molar-refractivity contribution in [1.82, 2.24) is 30.6 Å². The largest absolute Gasteiger partial charge is 0.481 e. The third-order valence-electron chi connectivity index (χ3n) is 13.1. The highest BCUT2D eigenvalue weighted by atomic mass is 79.9. The number of aliphatic hydroxyl groups is 2. The average Bonchev–Trinajstić information content (AvgIpc) is 3.48. The predicted octanol–water partition coefficient (Wildman–Crippen LogP) is 6.92. The van der Waals surface area contributed by atoms with Gasteiger partial charge in [0.1, 0.15) is 38.1 Å². The number of hydrogen-bond acceptors (Lipinski definition) is 18. The van der Waals surface area contributed by atoms with Crippen LogP contribution in [0.5, 0.6) is 23.5 Å². The van der Waals surface area contributed by atoms with Crippen LogP contribution in [0.1, 0.15) is 57.3 Å². The Morgan fingerprint density at radius 3 is 1.35 bits per heavy atom. The van der Waals surface area contributed by atoms with E-state index in [9.17, 15) is 19.8 Å². The molecule has 4 aromatic heterocycles. The van der Waals surface area contributed by atoms with E-state index in [0.29, 0.717) is 70.0 Å². The summed E-state index contributed by atoms with van der Waals surface area (Å²) in [5.41, 5.74) is 8.92. The van der Waals surface area contributed by atoms with Gasteiger partial charge in [0.25, 0.3) is 0 Å². The first kappa shape index (κ1) is 57.7. The van der Waals surface area contributed by atoms with Gasteiger partial charge in [0, 0.05) is 87.0 Å². The maximum Gasteiger partial charge on any atom is 0.306 e. The number of nitrogens with zero attached hydrogens (tertiary/aromatic N) is 6. The van der Waals surface area contributed by atoms with Crippen molar-refractivity contribution in [1.29, 1.82) is 0 Å². The maximum atomic E-state index is 11.2. The van der Waals surface area contributed by atoms with Crippen LogP contribution in [0.3, 0.4) is 0 Å². The summed E-state index contributed by atoms with van der Waals surface area (Å²) in [5, 5.41) is 44.9. The molecule has 2 aliphatic heterocycles. The number of morpholine rings is 2. The minimum Gasteiger partial charge on any atom is -0.481 e. The van der Waals surface area contributed by atoms with Gasteiger partial charge < -0.3 is 69.3 Å². The molecule has 0 radical (unpaired) electrons. The number of anilines is 2. The van der Waals surface area contributed by atoms with E-state index >= 15 is 0 Å². The lowest BCUT2D eigenvalue weighted by Gasteiger charge is -2.27. The molecule has 2 saturated heterocycles. The van der Waals surface area contributed by atoms with E-state index in [4.69, 9.17) is 48.6 Å². The van der Waals surface area contributed by atoms with Gasteiger partial charge >= 0.3 is 11.9 Å². The van der Waals surface area contributed by atoms with Crippen LogP contribution in [-0.2, 0) is 58.6 Å². The number of nitrogens with one attached hydrogen (secondary N) is 2. The number of halogens is 2. The molecular weight excluding hydrogens is 1140 g/mol. The Bertz CT molecular complexity index is 2770. The standard InChI is InChI=1S/C56H64Br2N8O12/c1-35-39(33-77-55-47(57)21-41(27-59-29-43(67)23-51(69)70)53(63-55)75-31-37-9-11-49(61-25-37)65-13-17-73-18-14-65)5-3-7-45(35)46-8-4-6-40(36(46)2)34-78-56-48(58)22-42(28-60-30-44(68)24-52(71)72)54(64-56)76-32-38-10-12-50(62-26-38)66-15-19-74-20-16-66/h3-12,21-22,25-26,43-44,59-60,67-68H,13-20,23-24,27-34H2,1-2H3,(H,69,70)(H,71,72). The molecule has 414 valence electrons. The van der Waals surface area contributed by atoms with Crippen molar-refractivity contribution < 1.29 is 58.4 Å². The number of pyridine rings is 4. The molecule has 78 heavy (non-hydrogen) atoms. The van der Waals surface area contributed by atoms with E-state index in [0.717, 1.165) is 82.3 Å². The SMILES string of the molecule is Cc1c(COc2nc(OCc3ccc(N4CCOCC4)nc3)c(CNCC(O)CC(=O)O)cc2Br)cccc1-c1cccc(COc2nc(OCc3ccc(N4CCOCC4)nc3)c(CNCC(O)CC(=O)O)cc2Br)c1C. The number of carboxylic acids is 2. The number of aliphatic hydroxyl groups excluding tert-OH is 2. The lowest BCUT2D eigenvalue weighted by molar-refractivity contribution is -0.140. The zero-order chi connectivity index (χ0) is 55.0. The van der Waals surface area contributed by atoms with Crippen LogP contribution < -0.4 is 39.4 Å². The highest BCUT2D eigenvalue weighted by Crippen LogP contribution is 2.35. The van der Waals surface area contributed by atoms with E-state index < -0.39 is 24.1 Å². The Kier molecular flexibility index (Phi) is 21.0. The minimum absolute atomic E-state index is 0.0523. The van der Waals surface area contributed by atoms with Gasteiger partial charge in [0.05, 0.1) is 60.4 Å². The van der Waals surface area contributed by atoms with E-state index in [2.05, 4.69) is 88.2 Å². The fourth-order valence-corrected chi connectivity index (χ4v) is 9.77. The Hall–Kier alpha value is -6.50. The number of carbonyl (C=O) groups is 2. The summed E-state index contributed by atoms with van der Waals surface area (Å²) in [6.45, 7) is 11.1. The van der Waals surface area contributed by atoms with Gasteiger partial charge in [-0.1, -0.05) is 48.5 Å². The lowest BCUT2D eigenvalue weighted by Crippen LogP contribution is -2.36. The second kappa shape index (κ2) is 28.4. The second-order valence-electron chi connectivity index (χ2n) is 18.8. The van der Waals surface area contributed by atoms with Crippen molar-refractivity contribution in [3.05, 3.63) is 139 Å². The lowest BCUT2D eigenvalue weighted by atomic mass is 9.92. The average molecular weight is 1200 g/mol. The van der Waals surface area contributed by atoms with E-state index in [1.54, 1.807) is 12.4 Å². The van der Waals surface area contributed by atoms with Gasteiger partial charge in [-0.05, 0) is 103 Å². The van der Waals surface area contributed by atoms with E-state index in [-0.39, 0.29) is 65.4 Å². The number of aromatic nitrogens is 4. The van der Waals surface area contributed by atoms with Crippen molar-refractivity contribution in [2.24, 2.45) is 0 Å². The topological polar surface area (TPSA) is 253 Å². The summed E-state index contributed by atoms with van der Waals surface area (Å²) in [7, 11) is 0. The fraction of sp³-hybridized carbons (Fsp3) is 0.393. The maximum absolute atomic E-state index is 11.2. The highest BCUT2D eigenvalue weighted by molar-refractivity contribution is 9.10. The number of benzene rings is 2. The van der Waals surface area contributed by atoms with Crippen LogP contribution in [0, 0.1) is 13.8 Å². The molecule has 0 aliphatic carbocycles. The molecule has 22 heteroatoms. The van der Waals surface area contributed by atoms with Crippen LogP contribution in [0.25, 0.3) is 11.1 Å². The Morgan fingerprint density at radius 2 is 0.974 bits per heavy atom. The van der Waals surface area contributed by atoms with Gasteiger partial charge in [-0.15, -0.1) is 0 Å². The van der Waals surface area contributed by atoms with Gasteiger partial charge in [0.15, 0.2) is 0 Å². The fourth-order valence-electron chi connectivity index (χ4n) is 8.81. The van der Waals surface area contributed by atoms with Crippen molar-refractivity contribution >= 4 is 55.4 Å². The molecule has 2 unspecified atom stereocenters. The smallest absolute Gasteiger partial charge is 0.306 e. The predicted molar refractivity (Wildman–Crippen MR) is 297 cm³/mol. The molecular formula is C56H64Br2N8O12. The third-order valence-corrected chi connectivity index (χ3v) is 14.3. The first-order valence-electron chi connectivity index (χ1n) is 25.6. The van der Waals surface area contributed by atoms with Gasteiger partial charge in [-0.25, -0.2) is 9.97 Å². The zero-order valence-corrected chi connectivity index (χ0v) is 46.6. The Morgan fingerprint density at radius 1 is 0.577 bits per heavy atom. The third kappa shape index (κ3) is 16.3. The first-order chi connectivity index (χ1) is 37.8. The molecule has 2 atom stereocenters. The number of aliphatic carboxylic acids is 2. The molecule has 6 heterocycles. The summed E-state index contributed by atoms with van der Waals surface area (Å²) in [6, 6.07) is 23.7. The molecule has 0 spiro atoms. The monoisotopic (exact) mass is 1200 g/mol. The van der Waals surface area contributed by atoms with E-state index in [1.165, 1.54) is 0 Å². The van der Waals surface area contributed by atoms with Crippen molar-refractivity contribution in [2.75, 3.05) is 75.5 Å². The molecule has 2 aromatic carbocycles. The minimum atomic E-state index is -1.09. The zero-order valence-electron chi connectivity index (χ0n) is 43.5. The molecule has 2 fully saturated rings. The van der Waals surface area contributed by atoms with Gasteiger partial charge in [-0.3, -0.25) is 9.59 Å². The summed E-state index contributed by atoms with van der Waals surface area (Å²) in [4.78, 5) is 45.6. The molecule has 2 aliphatic rings. The molecule has 0 bridgehead atoms. The van der Waals surface area contributed by atoms with Crippen LogP contribution in [0.15, 0.2) is 94.1 Å². The molecule has 8 rings (SSSR count). The van der Waals surface area contributed by atoms with Crippen molar-refractivity contribution in [3.63, 3.8) is 0 Å². The van der Waals surface area contributed by atoms with Crippen molar-refractivity contribution in [2.45, 2.75) is 78.4 Å². The summed E-state index contributed by atoms with van der Waals surface area (Å²) in [6.07, 6.45) is 0.636. The quantitative estimate of drug-likeness (QED) is 0.0306. The molecule has 6 aromatic rings. The summed E-state index contributed by atoms with van der Waals surface area (Å²) >= 11 is 7.30. The Labute approximate surface area is 469 Å². The summed E-state index contributed by atoms with van der Waals surface area (Å²) in [5.74, 6) is 0.777. The number of carboxylic acid groups (broad SMARTS) is 2.